The molecule has 2 aromatic carbocycles. The van der Waals surface area contributed by atoms with Crippen molar-refractivity contribution in [2.24, 2.45) is 4.99 Å². The fraction of sp³-hybridized carbons (Fsp3) is 0.400. The highest BCUT2D eigenvalue weighted by Gasteiger charge is 2.32. The Bertz CT molecular complexity index is 1480. The molecule has 0 saturated carbocycles. The molecule has 1 aromatic heterocycles. The monoisotopic (exact) mass is 531 g/mol. The molecule has 0 spiro atoms. The molecular weight excluding hydrogens is 502 g/mol. The number of hydrogen-bond donors (Lipinski definition) is 0. The molecule has 2 heterocycles. The van der Waals surface area contributed by atoms with E-state index in [4.69, 9.17) is 9.47 Å². The van der Waals surface area contributed by atoms with Gasteiger partial charge in [-0.2, -0.15) is 9.30 Å². The van der Waals surface area contributed by atoms with E-state index >= 15 is 0 Å². The summed E-state index contributed by atoms with van der Waals surface area (Å²) in [6, 6.07) is 9.73. The van der Waals surface area contributed by atoms with Crippen LogP contribution in [0.1, 0.15) is 35.3 Å². The number of sulfonamides is 1. The topological polar surface area (TPSA) is 107 Å². The van der Waals surface area contributed by atoms with E-state index in [0.29, 0.717) is 4.80 Å². The average Bonchev–Trinajstić information content (AvgIpc) is 3.15. The van der Waals surface area contributed by atoms with Crippen LogP contribution < -0.4 is 4.80 Å². The first kappa shape index (κ1) is 26.2. The summed E-state index contributed by atoms with van der Waals surface area (Å²) in [6.45, 7) is 8.06. The van der Waals surface area contributed by atoms with E-state index < -0.39 is 21.9 Å². The minimum atomic E-state index is -3.72. The lowest BCUT2D eigenvalue weighted by Gasteiger charge is -2.34. The molecule has 1 amide bonds. The second-order valence-corrected chi connectivity index (χ2v) is 11.9. The number of hydrogen-bond acceptors (Lipinski definition) is 7. The summed E-state index contributed by atoms with van der Waals surface area (Å²) in [5, 5.41) is 0. The number of methoxy groups -OCH3 is 1. The van der Waals surface area contributed by atoms with Crippen LogP contribution in [0.4, 0.5) is 0 Å². The Hall–Kier alpha value is -2.86. The summed E-state index contributed by atoms with van der Waals surface area (Å²) >= 11 is 1.31. The molecule has 1 aliphatic heterocycles. The summed E-state index contributed by atoms with van der Waals surface area (Å²) in [6.07, 6.45) is -0.401. The Labute approximate surface area is 214 Å². The molecular formula is C25H29N3O6S2. The highest BCUT2D eigenvalue weighted by Crippen LogP contribution is 2.24. The SMILES string of the molecule is COC(=O)Cn1c(=NC(=O)c2ccc(S(=O)(=O)N3C[C@@H](C)O[C@H](C)C3)cc2)sc2c(C)cc(C)cc21. The molecule has 0 N–H and O–H groups in total. The van der Waals surface area contributed by atoms with Crippen LogP contribution in [-0.2, 0) is 30.8 Å². The van der Waals surface area contributed by atoms with Gasteiger partial charge in [0.25, 0.3) is 5.91 Å². The van der Waals surface area contributed by atoms with Crippen LogP contribution in [0.25, 0.3) is 10.2 Å². The van der Waals surface area contributed by atoms with Crippen molar-refractivity contribution in [3.05, 3.63) is 57.9 Å². The van der Waals surface area contributed by atoms with Crippen molar-refractivity contribution in [3.63, 3.8) is 0 Å². The first-order valence-electron chi connectivity index (χ1n) is 11.5. The number of nitrogens with zero attached hydrogens (tertiary/aromatic N) is 3. The van der Waals surface area contributed by atoms with Gasteiger partial charge >= 0.3 is 5.97 Å². The zero-order valence-corrected chi connectivity index (χ0v) is 22.5. The van der Waals surface area contributed by atoms with Crippen LogP contribution in [0.5, 0.6) is 0 Å². The summed E-state index contributed by atoms with van der Waals surface area (Å²) in [5.41, 5.74) is 3.08. The van der Waals surface area contributed by atoms with Crippen molar-refractivity contribution in [1.82, 2.24) is 8.87 Å². The number of fused-ring (bicyclic) bond motifs is 1. The largest absolute Gasteiger partial charge is 0.468 e. The van der Waals surface area contributed by atoms with E-state index in [9.17, 15) is 18.0 Å². The number of carbonyl (C=O) groups is 2. The lowest BCUT2D eigenvalue weighted by Crippen LogP contribution is -2.48. The summed E-state index contributed by atoms with van der Waals surface area (Å²) < 4.78 is 40.7. The number of thiazole rings is 1. The molecule has 1 fully saturated rings. The lowest BCUT2D eigenvalue weighted by molar-refractivity contribution is -0.141. The van der Waals surface area contributed by atoms with Crippen molar-refractivity contribution in [3.8, 4) is 0 Å². The third kappa shape index (κ3) is 5.29. The van der Waals surface area contributed by atoms with E-state index in [0.717, 1.165) is 21.3 Å². The Kier molecular flexibility index (Phi) is 7.46. The lowest BCUT2D eigenvalue weighted by atomic mass is 10.1. The van der Waals surface area contributed by atoms with Gasteiger partial charge in [0.2, 0.25) is 10.0 Å². The number of carbonyl (C=O) groups excluding carboxylic acids is 2. The van der Waals surface area contributed by atoms with Crippen molar-refractivity contribution in [2.75, 3.05) is 20.2 Å². The molecule has 0 bridgehead atoms. The van der Waals surface area contributed by atoms with Crippen LogP contribution in [-0.4, -0.2) is 61.6 Å². The minimum Gasteiger partial charge on any atom is -0.468 e. The fourth-order valence-electron chi connectivity index (χ4n) is 4.34. The summed E-state index contributed by atoms with van der Waals surface area (Å²) in [4.78, 5) is 29.9. The number of aromatic nitrogens is 1. The molecule has 0 aliphatic carbocycles. The van der Waals surface area contributed by atoms with Gasteiger partial charge in [-0.1, -0.05) is 17.4 Å². The van der Waals surface area contributed by atoms with Crippen molar-refractivity contribution in [2.45, 2.75) is 51.3 Å². The zero-order chi connectivity index (χ0) is 26.2. The van der Waals surface area contributed by atoms with Crippen LogP contribution in [0, 0.1) is 13.8 Å². The van der Waals surface area contributed by atoms with Gasteiger partial charge in [0.1, 0.15) is 6.54 Å². The number of amides is 1. The van der Waals surface area contributed by atoms with E-state index in [1.165, 1.54) is 47.0 Å². The van der Waals surface area contributed by atoms with Gasteiger partial charge in [0, 0.05) is 18.7 Å². The molecule has 0 unspecified atom stereocenters. The molecule has 0 radical (unpaired) electrons. The van der Waals surface area contributed by atoms with Gasteiger partial charge in [-0.15, -0.1) is 0 Å². The number of esters is 1. The second-order valence-electron chi connectivity index (χ2n) is 9.00. The Morgan fingerprint density at radius 1 is 1.11 bits per heavy atom. The molecule has 2 atom stereocenters. The van der Waals surface area contributed by atoms with Gasteiger partial charge in [0.05, 0.1) is 34.4 Å². The number of rotatable bonds is 5. The number of aryl methyl sites for hydroxylation is 2. The van der Waals surface area contributed by atoms with E-state index in [-0.39, 0.29) is 42.3 Å². The van der Waals surface area contributed by atoms with Crippen molar-refractivity contribution < 1.29 is 27.5 Å². The second kappa shape index (κ2) is 10.3. The molecule has 1 aliphatic rings. The number of ether oxygens (including phenoxy) is 2. The maximum atomic E-state index is 13.1. The summed E-state index contributed by atoms with van der Waals surface area (Å²) in [5.74, 6) is -0.990. The quantitative estimate of drug-likeness (QED) is 0.469. The van der Waals surface area contributed by atoms with Gasteiger partial charge in [-0.05, 0) is 69.2 Å². The molecule has 3 aromatic rings. The normalized spacial score (nSPS) is 19.5. The van der Waals surface area contributed by atoms with Crippen LogP contribution >= 0.6 is 11.3 Å². The first-order chi connectivity index (χ1) is 17.0. The minimum absolute atomic E-state index is 0.0842. The van der Waals surface area contributed by atoms with Gasteiger partial charge in [-0.3, -0.25) is 9.59 Å². The first-order valence-corrected chi connectivity index (χ1v) is 13.8. The Morgan fingerprint density at radius 2 is 1.75 bits per heavy atom. The molecule has 11 heteroatoms. The van der Waals surface area contributed by atoms with Crippen molar-refractivity contribution in [1.29, 1.82) is 0 Å². The standard InChI is InChI=1S/C25H29N3O6S2/c1-15-10-16(2)23-21(11-15)28(14-22(29)33-5)25(35-23)26-24(30)19-6-8-20(9-7-19)36(31,32)27-12-17(3)34-18(4)13-27/h6-11,17-18H,12-14H2,1-5H3/t17-,18-/m1/s1. The molecule has 4 rings (SSSR count). The van der Waals surface area contributed by atoms with E-state index in [1.807, 2.05) is 39.8 Å². The molecule has 9 nitrogen and oxygen atoms in total. The predicted molar refractivity (Wildman–Crippen MR) is 136 cm³/mol. The Morgan fingerprint density at radius 3 is 2.36 bits per heavy atom. The number of morpholine rings is 1. The highest BCUT2D eigenvalue weighted by atomic mass is 32.2. The molecule has 192 valence electrons. The van der Waals surface area contributed by atoms with Crippen LogP contribution in [0.3, 0.4) is 0 Å². The molecule has 1 saturated heterocycles. The maximum absolute atomic E-state index is 13.1. The zero-order valence-electron chi connectivity index (χ0n) is 20.8. The molecule has 36 heavy (non-hydrogen) atoms. The van der Waals surface area contributed by atoms with Crippen molar-refractivity contribution >= 4 is 43.5 Å². The van der Waals surface area contributed by atoms with Gasteiger partial charge in [0.15, 0.2) is 4.80 Å². The van der Waals surface area contributed by atoms with Crippen LogP contribution in [0.15, 0.2) is 46.3 Å². The third-order valence-corrected chi connectivity index (χ3v) is 9.03. The van der Waals surface area contributed by atoms with Gasteiger partial charge in [-0.25, -0.2) is 8.42 Å². The third-order valence-electron chi connectivity index (χ3n) is 5.95. The predicted octanol–water partition coefficient (Wildman–Crippen LogP) is 3.03. The Balaban J connectivity index is 1.68. The fourth-order valence-corrected chi connectivity index (χ4v) is 7.01. The number of benzene rings is 2. The van der Waals surface area contributed by atoms with Crippen LogP contribution in [0.2, 0.25) is 0 Å². The summed E-state index contributed by atoms with van der Waals surface area (Å²) in [7, 11) is -2.41. The smallest absolute Gasteiger partial charge is 0.325 e. The highest BCUT2D eigenvalue weighted by molar-refractivity contribution is 7.89. The average molecular weight is 532 g/mol. The maximum Gasteiger partial charge on any atom is 0.325 e. The van der Waals surface area contributed by atoms with E-state index in [2.05, 4.69) is 4.99 Å². The van der Waals surface area contributed by atoms with Gasteiger partial charge < -0.3 is 14.0 Å². The van der Waals surface area contributed by atoms with E-state index in [1.54, 1.807) is 4.57 Å².